The zero-order valence-corrected chi connectivity index (χ0v) is 17.3. The molecule has 0 aliphatic rings. The highest BCUT2D eigenvalue weighted by molar-refractivity contribution is 7.90. The van der Waals surface area contributed by atoms with Crippen LogP contribution in [-0.2, 0) is 27.5 Å². The Kier molecular flexibility index (Phi) is 7.21. The molecule has 28 heavy (non-hydrogen) atoms. The number of rotatable bonds is 9. The molecule has 0 unspecified atom stereocenters. The first-order valence-electron chi connectivity index (χ1n) is 9.00. The molecular formula is C21H27NO5S. The summed E-state index contributed by atoms with van der Waals surface area (Å²) in [7, 11) is -1.62. The zero-order chi connectivity index (χ0) is 20.8. The van der Waals surface area contributed by atoms with Crippen molar-refractivity contribution in [1.82, 2.24) is 5.32 Å². The number of methoxy groups -OCH3 is 1. The van der Waals surface area contributed by atoms with Crippen LogP contribution in [0.2, 0.25) is 0 Å². The first kappa shape index (κ1) is 21.9. The molecule has 0 saturated heterocycles. The summed E-state index contributed by atoms with van der Waals surface area (Å²) in [5.74, 6) is 0.587. The minimum atomic E-state index is -3.22. The predicted octanol–water partition coefficient (Wildman–Crippen LogP) is 2.14. The molecule has 152 valence electrons. The quantitative estimate of drug-likeness (QED) is 0.667. The summed E-state index contributed by atoms with van der Waals surface area (Å²) in [6, 6.07) is 13.9. The molecule has 7 heteroatoms. The van der Waals surface area contributed by atoms with Gasteiger partial charge in [-0.15, -0.1) is 0 Å². The number of aryl methyl sites for hydroxylation is 1. The average molecular weight is 406 g/mol. The van der Waals surface area contributed by atoms with Gasteiger partial charge in [-0.05, 0) is 48.7 Å². The second-order valence-corrected chi connectivity index (χ2v) is 9.23. The Labute approximate surface area is 166 Å². The summed E-state index contributed by atoms with van der Waals surface area (Å²) in [6.45, 7) is 1.83. The summed E-state index contributed by atoms with van der Waals surface area (Å²) in [5, 5.41) is 13.3. The molecule has 1 amide bonds. The molecule has 2 aromatic carbocycles. The van der Waals surface area contributed by atoms with Gasteiger partial charge in [0.1, 0.15) is 5.75 Å². The highest BCUT2D eigenvalue weighted by Gasteiger charge is 2.22. The molecule has 0 spiro atoms. The lowest BCUT2D eigenvalue weighted by molar-refractivity contribution is -0.122. The van der Waals surface area contributed by atoms with Crippen molar-refractivity contribution in [3.63, 3.8) is 0 Å². The van der Waals surface area contributed by atoms with Crippen LogP contribution >= 0.6 is 0 Å². The summed E-state index contributed by atoms with van der Waals surface area (Å²) in [6.07, 6.45) is 2.32. The van der Waals surface area contributed by atoms with Crippen molar-refractivity contribution < 1.29 is 23.1 Å². The molecule has 0 saturated carbocycles. The third-order valence-corrected chi connectivity index (χ3v) is 5.53. The summed E-state index contributed by atoms with van der Waals surface area (Å²) < 4.78 is 28.0. The van der Waals surface area contributed by atoms with E-state index in [2.05, 4.69) is 5.32 Å². The normalized spacial score (nSPS) is 13.6. The largest absolute Gasteiger partial charge is 0.497 e. The maximum Gasteiger partial charge on any atom is 0.220 e. The maximum absolute atomic E-state index is 12.1. The van der Waals surface area contributed by atoms with Gasteiger partial charge in [0.15, 0.2) is 9.84 Å². The lowest BCUT2D eigenvalue weighted by Gasteiger charge is -2.24. The maximum atomic E-state index is 12.1. The minimum Gasteiger partial charge on any atom is -0.497 e. The van der Waals surface area contributed by atoms with Crippen molar-refractivity contribution >= 4 is 15.7 Å². The number of sulfone groups is 1. The molecular weight excluding hydrogens is 378 g/mol. The van der Waals surface area contributed by atoms with Gasteiger partial charge in [-0.2, -0.15) is 0 Å². The van der Waals surface area contributed by atoms with E-state index in [1.807, 2.05) is 24.3 Å². The van der Waals surface area contributed by atoms with E-state index < -0.39 is 15.4 Å². The number of ether oxygens (including phenoxy) is 1. The van der Waals surface area contributed by atoms with Crippen LogP contribution in [0.5, 0.6) is 5.75 Å². The van der Waals surface area contributed by atoms with Gasteiger partial charge in [-0.1, -0.05) is 24.3 Å². The summed E-state index contributed by atoms with van der Waals surface area (Å²) >= 11 is 0. The Morgan fingerprint density at radius 3 is 2.18 bits per heavy atom. The van der Waals surface area contributed by atoms with Gasteiger partial charge < -0.3 is 15.2 Å². The summed E-state index contributed by atoms with van der Waals surface area (Å²) in [4.78, 5) is 12.4. The van der Waals surface area contributed by atoms with Gasteiger partial charge in [0.2, 0.25) is 5.91 Å². The number of amides is 1. The number of aliphatic hydroxyl groups is 1. The Hall–Kier alpha value is -2.38. The van der Waals surface area contributed by atoms with Crippen LogP contribution in [0.4, 0.5) is 0 Å². The van der Waals surface area contributed by atoms with E-state index in [9.17, 15) is 18.3 Å². The van der Waals surface area contributed by atoms with Crippen LogP contribution in [0.15, 0.2) is 53.4 Å². The topological polar surface area (TPSA) is 92.7 Å². The van der Waals surface area contributed by atoms with E-state index in [0.29, 0.717) is 12.8 Å². The van der Waals surface area contributed by atoms with Crippen molar-refractivity contribution in [2.75, 3.05) is 19.9 Å². The first-order chi connectivity index (χ1) is 13.1. The SMILES string of the molecule is COc1ccc(C[C@@](C)(O)CNC(=O)CCc2ccc(S(C)(=O)=O)cc2)cc1. The van der Waals surface area contributed by atoms with Crippen molar-refractivity contribution in [3.05, 3.63) is 59.7 Å². The highest BCUT2D eigenvalue weighted by atomic mass is 32.2. The number of benzene rings is 2. The molecule has 2 rings (SSSR count). The van der Waals surface area contributed by atoms with Crippen molar-refractivity contribution in [2.24, 2.45) is 0 Å². The second-order valence-electron chi connectivity index (χ2n) is 7.21. The third kappa shape index (κ3) is 6.98. The monoisotopic (exact) mass is 405 g/mol. The predicted molar refractivity (Wildman–Crippen MR) is 108 cm³/mol. The molecule has 0 fully saturated rings. The van der Waals surface area contributed by atoms with E-state index in [1.54, 1.807) is 38.3 Å². The molecule has 2 aromatic rings. The lowest BCUT2D eigenvalue weighted by atomic mass is 9.96. The van der Waals surface area contributed by atoms with Crippen LogP contribution in [-0.4, -0.2) is 44.9 Å². The molecule has 0 radical (unpaired) electrons. The van der Waals surface area contributed by atoms with E-state index in [1.165, 1.54) is 0 Å². The van der Waals surface area contributed by atoms with Crippen LogP contribution in [0.1, 0.15) is 24.5 Å². The Morgan fingerprint density at radius 2 is 1.64 bits per heavy atom. The lowest BCUT2D eigenvalue weighted by Crippen LogP contribution is -2.42. The number of carbonyl (C=O) groups is 1. The molecule has 0 aromatic heterocycles. The fourth-order valence-corrected chi connectivity index (χ4v) is 3.41. The Morgan fingerprint density at radius 1 is 1.07 bits per heavy atom. The second kappa shape index (κ2) is 9.21. The minimum absolute atomic E-state index is 0.144. The third-order valence-electron chi connectivity index (χ3n) is 4.40. The molecule has 0 heterocycles. The summed E-state index contributed by atoms with van der Waals surface area (Å²) in [5.41, 5.74) is 0.764. The van der Waals surface area contributed by atoms with Crippen molar-refractivity contribution in [3.8, 4) is 5.75 Å². The number of hydrogen-bond donors (Lipinski definition) is 2. The fourth-order valence-electron chi connectivity index (χ4n) is 2.78. The molecule has 6 nitrogen and oxygen atoms in total. The highest BCUT2D eigenvalue weighted by Crippen LogP contribution is 2.17. The number of hydrogen-bond acceptors (Lipinski definition) is 5. The van der Waals surface area contributed by atoms with E-state index in [0.717, 1.165) is 23.1 Å². The van der Waals surface area contributed by atoms with E-state index >= 15 is 0 Å². The van der Waals surface area contributed by atoms with Crippen molar-refractivity contribution in [2.45, 2.75) is 36.7 Å². The van der Waals surface area contributed by atoms with E-state index in [-0.39, 0.29) is 23.8 Å². The van der Waals surface area contributed by atoms with Crippen LogP contribution in [0, 0.1) is 0 Å². The molecule has 0 bridgehead atoms. The van der Waals surface area contributed by atoms with Gasteiger partial charge in [-0.25, -0.2) is 8.42 Å². The molecule has 0 aliphatic heterocycles. The molecule has 0 aliphatic carbocycles. The van der Waals surface area contributed by atoms with Gasteiger partial charge in [0.05, 0.1) is 17.6 Å². The fraction of sp³-hybridized carbons (Fsp3) is 0.381. The van der Waals surface area contributed by atoms with Crippen LogP contribution in [0.3, 0.4) is 0 Å². The zero-order valence-electron chi connectivity index (χ0n) is 16.4. The van der Waals surface area contributed by atoms with Gasteiger partial charge in [0.25, 0.3) is 0 Å². The Balaban J connectivity index is 1.80. The standard InChI is InChI=1S/C21H27NO5S/c1-21(24,14-17-4-9-18(27-2)10-5-17)15-22-20(23)13-8-16-6-11-19(12-7-16)28(3,25)26/h4-7,9-12,24H,8,13-15H2,1-3H3,(H,22,23)/t21-/m1/s1. The first-order valence-corrected chi connectivity index (χ1v) is 10.9. The van der Waals surface area contributed by atoms with Gasteiger partial charge in [-0.3, -0.25) is 4.79 Å². The Bertz CT molecular complexity index is 887. The molecule has 1 atom stereocenters. The van der Waals surface area contributed by atoms with Crippen LogP contribution < -0.4 is 10.1 Å². The molecule has 2 N–H and O–H groups in total. The number of carbonyl (C=O) groups excluding carboxylic acids is 1. The van der Waals surface area contributed by atoms with Crippen LogP contribution in [0.25, 0.3) is 0 Å². The smallest absolute Gasteiger partial charge is 0.220 e. The number of nitrogens with one attached hydrogen (secondary N) is 1. The van der Waals surface area contributed by atoms with Gasteiger partial charge in [0, 0.05) is 25.6 Å². The van der Waals surface area contributed by atoms with Crippen molar-refractivity contribution in [1.29, 1.82) is 0 Å². The average Bonchev–Trinajstić information content (AvgIpc) is 2.65. The van der Waals surface area contributed by atoms with Gasteiger partial charge >= 0.3 is 0 Å². The van der Waals surface area contributed by atoms with E-state index in [4.69, 9.17) is 4.74 Å².